The molecule has 2 aromatic rings. The van der Waals surface area contributed by atoms with Crippen LogP contribution >= 0.6 is 11.5 Å². The summed E-state index contributed by atoms with van der Waals surface area (Å²) in [6, 6.07) is 4.30. The number of hydrogen-bond acceptors (Lipinski definition) is 5. The Hall–Kier alpha value is -2.30. The van der Waals surface area contributed by atoms with Crippen molar-refractivity contribution < 1.29 is 14.3 Å². The van der Waals surface area contributed by atoms with Crippen molar-refractivity contribution in [2.24, 2.45) is 0 Å². The molecule has 20 heavy (non-hydrogen) atoms. The molecule has 0 saturated carbocycles. The van der Waals surface area contributed by atoms with Crippen LogP contribution in [-0.4, -0.2) is 27.2 Å². The molecule has 5 nitrogen and oxygen atoms in total. The van der Waals surface area contributed by atoms with Gasteiger partial charge < -0.3 is 10.4 Å². The number of halogens is 1. The zero-order valence-electron chi connectivity index (χ0n) is 10.3. The Morgan fingerprint density at radius 2 is 2.35 bits per heavy atom. The minimum absolute atomic E-state index is 0.0246. The normalized spacial score (nSPS) is 9.70. The topological polar surface area (TPSA) is 75.1 Å². The highest BCUT2D eigenvalue weighted by atomic mass is 32.1. The summed E-state index contributed by atoms with van der Waals surface area (Å²) in [6.45, 7) is -0.239. The van der Waals surface area contributed by atoms with Gasteiger partial charge in [0.25, 0.3) is 5.91 Å². The average molecular weight is 291 g/mol. The second-order valence-corrected chi connectivity index (χ2v) is 4.35. The van der Waals surface area contributed by atoms with E-state index in [1.165, 1.54) is 23.6 Å². The fourth-order valence-electron chi connectivity index (χ4n) is 1.46. The molecule has 1 heterocycles. The van der Waals surface area contributed by atoms with Gasteiger partial charge in [-0.25, -0.2) is 4.39 Å². The van der Waals surface area contributed by atoms with Crippen molar-refractivity contribution in [3.05, 3.63) is 46.2 Å². The number of carbonyl (C=O) groups is 1. The summed E-state index contributed by atoms with van der Waals surface area (Å²) in [7, 11) is 0. The molecule has 0 aliphatic rings. The number of aliphatic hydroxyl groups is 1. The van der Waals surface area contributed by atoms with Gasteiger partial charge in [-0.3, -0.25) is 4.79 Å². The van der Waals surface area contributed by atoms with E-state index in [1.54, 1.807) is 0 Å². The Kier molecular flexibility index (Phi) is 4.76. The summed E-state index contributed by atoms with van der Waals surface area (Å²) in [4.78, 5) is 11.7. The van der Waals surface area contributed by atoms with E-state index in [4.69, 9.17) is 5.11 Å². The van der Waals surface area contributed by atoms with Gasteiger partial charge in [0.05, 0.1) is 0 Å². The molecule has 1 aromatic carbocycles. The number of carbonyl (C=O) groups excluding carboxylic acids is 1. The monoisotopic (exact) mass is 291 g/mol. The summed E-state index contributed by atoms with van der Waals surface area (Å²) in [5.74, 6) is 4.31. The molecular weight excluding hydrogens is 281 g/mol. The van der Waals surface area contributed by atoms with Crippen LogP contribution in [0.2, 0.25) is 0 Å². The van der Waals surface area contributed by atoms with Crippen LogP contribution in [0, 0.1) is 17.7 Å². The van der Waals surface area contributed by atoms with Crippen molar-refractivity contribution in [2.45, 2.75) is 6.54 Å². The van der Waals surface area contributed by atoms with Gasteiger partial charge in [-0.05, 0) is 29.7 Å². The molecule has 0 saturated heterocycles. The van der Waals surface area contributed by atoms with E-state index in [9.17, 15) is 9.18 Å². The molecule has 0 fully saturated rings. The Labute approximate surface area is 118 Å². The van der Waals surface area contributed by atoms with Crippen molar-refractivity contribution >= 4 is 17.4 Å². The molecule has 0 spiro atoms. The SMILES string of the molecule is O=C(NCc1cc(C#CCO)ccc1F)c1csnn1. The first-order valence-corrected chi connectivity index (χ1v) is 6.48. The third-order valence-electron chi connectivity index (χ3n) is 2.39. The summed E-state index contributed by atoms with van der Waals surface area (Å²) in [5.41, 5.74) is 1.08. The standard InChI is InChI=1S/C13H10FN3O2S/c14-11-4-3-9(2-1-5-18)6-10(11)7-15-13(19)12-8-20-17-16-12/h3-4,6,8,18H,5,7H2,(H,15,19). The highest BCUT2D eigenvalue weighted by molar-refractivity contribution is 7.03. The van der Waals surface area contributed by atoms with E-state index in [2.05, 4.69) is 26.7 Å². The number of rotatable bonds is 3. The van der Waals surface area contributed by atoms with Gasteiger partial charge in [-0.2, -0.15) is 0 Å². The lowest BCUT2D eigenvalue weighted by Gasteiger charge is -2.05. The summed E-state index contributed by atoms with van der Waals surface area (Å²) >= 11 is 1.07. The van der Waals surface area contributed by atoms with Gasteiger partial charge in [0.15, 0.2) is 5.69 Å². The van der Waals surface area contributed by atoms with Crippen LogP contribution in [0.1, 0.15) is 21.6 Å². The van der Waals surface area contributed by atoms with Crippen molar-refractivity contribution in [3.8, 4) is 11.8 Å². The van der Waals surface area contributed by atoms with E-state index in [0.29, 0.717) is 11.1 Å². The van der Waals surface area contributed by atoms with Crippen LogP contribution in [-0.2, 0) is 6.54 Å². The Balaban J connectivity index is 2.07. The molecular formula is C13H10FN3O2S. The van der Waals surface area contributed by atoms with Crippen LogP contribution in [0.4, 0.5) is 4.39 Å². The van der Waals surface area contributed by atoms with Crippen LogP contribution in [0.25, 0.3) is 0 Å². The van der Waals surface area contributed by atoms with E-state index < -0.39 is 11.7 Å². The van der Waals surface area contributed by atoms with Gasteiger partial charge in [0, 0.05) is 23.1 Å². The number of aliphatic hydroxyl groups excluding tert-OH is 1. The summed E-state index contributed by atoms with van der Waals surface area (Å²) in [5, 5.41) is 16.3. The van der Waals surface area contributed by atoms with Crippen molar-refractivity contribution in [2.75, 3.05) is 6.61 Å². The van der Waals surface area contributed by atoms with E-state index in [-0.39, 0.29) is 18.8 Å². The number of hydrogen-bond donors (Lipinski definition) is 2. The maximum Gasteiger partial charge on any atom is 0.273 e. The Morgan fingerprint density at radius 1 is 1.50 bits per heavy atom. The molecule has 0 unspecified atom stereocenters. The van der Waals surface area contributed by atoms with Gasteiger partial charge in [0.2, 0.25) is 0 Å². The predicted octanol–water partition coefficient (Wildman–Crippen LogP) is 0.951. The highest BCUT2D eigenvalue weighted by Gasteiger charge is 2.10. The molecule has 1 aromatic heterocycles. The lowest BCUT2D eigenvalue weighted by Crippen LogP contribution is -2.23. The lowest BCUT2D eigenvalue weighted by molar-refractivity contribution is 0.0945. The van der Waals surface area contributed by atoms with Crippen molar-refractivity contribution in [1.82, 2.24) is 14.9 Å². The molecule has 2 rings (SSSR count). The maximum absolute atomic E-state index is 13.6. The summed E-state index contributed by atoms with van der Waals surface area (Å²) < 4.78 is 17.2. The first-order chi connectivity index (χ1) is 9.70. The maximum atomic E-state index is 13.6. The van der Waals surface area contributed by atoms with Crippen LogP contribution in [0.15, 0.2) is 23.6 Å². The quantitative estimate of drug-likeness (QED) is 0.826. The highest BCUT2D eigenvalue weighted by Crippen LogP contribution is 2.10. The fourth-order valence-corrected chi connectivity index (χ4v) is 1.90. The van der Waals surface area contributed by atoms with E-state index in [0.717, 1.165) is 11.5 Å². The van der Waals surface area contributed by atoms with Crippen molar-refractivity contribution in [3.63, 3.8) is 0 Å². The largest absolute Gasteiger partial charge is 0.384 e. The molecule has 0 bridgehead atoms. The third-order valence-corrected chi connectivity index (χ3v) is 2.89. The molecule has 7 heteroatoms. The lowest BCUT2D eigenvalue weighted by atomic mass is 10.1. The smallest absolute Gasteiger partial charge is 0.273 e. The molecule has 0 atom stereocenters. The Morgan fingerprint density at radius 3 is 3.05 bits per heavy atom. The van der Waals surface area contributed by atoms with Gasteiger partial charge >= 0.3 is 0 Å². The minimum atomic E-state index is -0.434. The predicted molar refractivity (Wildman–Crippen MR) is 71.4 cm³/mol. The second-order valence-electron chi connectivity index (χ2n) is 3.74. The number of amides is 1. The van der Waals surface area contributed by atoms with E-state index >= 15 is 0 Å². The van der Waals surface area contributed by atoms with E-state index in [1.807, 2.05) is 0 Å². The molecule has 2 N–H and O–H groups in total. The number of nitrogens with one attached hydrogen (secondary N) is 1. The molecule has 102 valence electrons. The molecule has 0 aliphatic heterocycles. The summed E-state index contributed by atoms with van der Waals surface area (Å²) in [6.07, 6.45) is 0. The minimum Gasteiger partial charge on any atom is -0.384 e. The van der Waals surface area contributed by atoms with Crippen LogP contribution < -0.4 is 5.32 Å². The number of aromatic nitrogens is 2. The average Bonchev–Trinajstić information content (AvgIpc) is 2.99. The molecule has 1 amide bonds. The zero-order valence-corrected chi connectivity index (χ0v) is 11.1. The van der Waals surface area contributed by atoms with Crippen LogP contribution in [0.3, 0.4) is 0 Å². The van der Waals surface area contributed by atoms with Crippen LogP contribution in [0.5, 0.6) is 0 Å². The number of nitrogens with zero attached hydrogens (tertiary/aromatic N) is 2. The third kappa shape index (κ3) is 3.60. The first-order valence-electron chi connectivity index (χ1n) is 5.64. The molecule has 0 aliphatic carbocycles. The van der Waals surface area contributed by atoms with Crippen molar-refractivity contribution in [1.29, 1.82) is 0 Å². The number of benzene rings is 1. The van der Waals surface area contributed by atoms with Gasteiger partial charge in [-0.15, -0.1) is 5.10 Å². The van der Waals surface area contributed by atoms with Gasteiger partial charge in [0.1, 0.15) is 12.4 Å². The van der Waals surface area contributed by atoms with Gasteiger partial charge in [-0.1, -0.05) is 16.3 Å². The fraction of sp³-hybridized carbons (Fsp3) is 0.154. The second kappa shape index (κ2) is 6.75. The molecule has 0 radical (unpaired) electrons. The Bertz CT molecular complexity index is 662. The first kappa shape index (κ1) is 14.1. The zero-order chi connectivity index (χ0) is 14.4.